The maximum absolute atomic E-state index is 5.81. The van der Waals surface area contributed by atoms with Gasteiger partial charge in [-0.25, -0.2) is 0 Å². The Balaban J connectivity index is 2.06. The van der Waals surface area contributed by atoms with E-state index in [4.69, 9.17) is 10.6 Å². The fourth-order valence-corrected chi connectivity index (χ4v) is 2.50. The molecule has 2 unspecified atom stereocenters. The molecule has 1 aromatic rings. The molecule has 2 heterocycles. The molecule has 0 radical (unpaired) electrons. The Bertz CT molecular complexity index is 363. The number of nitrogens with one attached hydrogen (secondary N) is 1. The summed E-state index contributed by atoms with van der Waals surface area (Å²) < 4.78 is 6.80. The predicted octanol–water partition coefficient (Wildman–Crippen LogP) is 1.79. The molecule has 0 bridgehead atoms. The van der Waals surface area contributed by atoms with Crippen LogP contribution in [0.5, 0.6) is 0 Å². The van der Waals surface area contributed by atoms with Crippen LogP contribution in [-0.4, -0.2) is 23.2 Å². The second-order valence-corrected chi connectivity index (χ2v) is 5.57. The van der Waals surface area contributed by atoms with Crippen molar-refractivity contribution >= 4 is 15.9 Å². The van der Waals surface area contributed by atoms with Crippen molar-refractivity contribution in [1.82, 2.24) is 10.4 Å². The lowest BCUT2D eigenvalue weighted by atomic mass is 9.90. The van der Waals surface area contributed by atoms with E-state index >= 15 is 0 Å². The molecule has 0 aromatic carbocycles. The molecule has 0 spiro atoms. The third-order valence-electron chi connectivity index (χ3n) is 3.39. The van der Waals surface area contributed by atoms with E-state index < -0.39 is 0 Å². The van der Waals surface area contributed by atoms with Gasteiger partial charge in [0.1, 0.15) is 0 Å². The Morgan fingerprint density at radius 3 is 3.00 bits per heavy atom. The molecule has 2 rings (SSSR count). The number of ether oxygens (including phenoxy) is 1. The van der Waals surface area contributed by atoms with E-state index in [2.05, 4.69) is 33.3 Å². The Kier molecular flexibility index (Phi) is 4.14. The Morgan fingerprint density at radius 1 is 1.65 bits per heavy atom. The van der Waals surface area contributed by atoms with Gasteiger partial charge in [0.15, 0.2) is 0 Å². The summed E-state index contributed by atoms with van der Waals surface area (Å²) in [4.78, 5) is 4.37. The van der Waals surface area contributed by atoms with Crippen LogP contribution >= 0.6 is 15.9 Å². The molecular formula is C12H18BrN3O. The number of aromatic nitrogens is 1. The zero-order chi connectivity index (χ0) is 12.3. The van der Waals surface area contributed by atoms with Gasteiger partial charge < -0.3 is 4.74 Å². The normalized spacial score (nSPS) is 26.1. The van der Waals surface area contributed by atoms with E-state index in [1.807, 2.05) is 12.1 Å². The molecule has 17 heavy (non-hydrogen) atoms. The fourth-order valence-electron chi connectivity index (χ4n) is 2.26. The molecule has 94 valence electrons. The monoisotopic (exact) mass is 299 g/mol. The van der Waals surface area contributed by atoms with E-state index in [9.17, 15) is 0 Å². The quantitative estimate of drug-likeness (QED) is 0.657. The molecule has 2 atom stereocenters. The maximum Gasteiger partial charge on any atom is 0.0824 e. The smallest absolute Gasteiger partial charge is 0.0824 e. The van der Waals surface area contributed by atoms with Crippen molar-refractivity contribution in [1.29, 1.82) is 0 Å². The van der Waals surface area contributed by atoms with Crippen molar-refractivity contribution in [3.8, 4) is 0 Å². The van der Waals surface area contributed by atoms with E-state index in [1.54, 1.807) is 6.20 Å². The molecule has 3 N–H and O–H groups in total. The lowest BCUT2D eigenvalue weighted by molar-refractivity contribution is -0.0117. The van der Waals surface area contributed by atoms with Crippen LogP contribution in [0.25, 0.3) is 0 Å². The first-order valence-electron chi connectivity index (χ1n) is 5.84. The van der Waals surface area contributed by atoms with E-state index in [1.165, 1.54) is 0 Å². The third kappa shape index (κ3) is 3.04. The van der Waals surface area contributed by atoms with Crippen LogP contribution in [0.4, 0.5) is 0 Å². The summed E-state index contributed by atoms with van der Waals surface area (Å²) >= 11 is 3.38. The van der Waals surface area contributed by atoms with Gasteiger partial charge in [-0.3, -0.25) is 16.3 Å². The lowest BCUT2D eigenvalue weighted by Gasteiger charge is -2.32. The summed E-state index contributed by atoms with van der Waals surface area (Å²) in [6, 6.07) is 4.10. The topological polar surface area (TPSA) is 60.2 Å². The van der Waals surface area contributed by atoms with Crippen LogP contribution in [0.3, 0.4) is 0 Å². The second kappa shape index (κ2) is 5.44. The summed E-state index contributed by atoms with van der Waals surface area (Å²) in [6.07, 6.45) is 4.72. The van der Waals surface area contributed by atoms with Crippen LogP contribution in [0.2, 0.25) is 0 Å². The number of pyridine rings is 1. The molecule has 1 aromatic heterocycles. The van der Waals surface area contributed by atoms with Gasteiger partial charge in [-0.1, -0.05) is 0 Å². The van der Waals surface area contributed by atoms with Crippen LogP contribution in [-0.2, 0) is 11.2 Å². The Hall–Kier alpha value is -0.490. The predicted molar refractivity (Wildman–Crippen MR) is 70.3 cm³/mol. The molecule has 0 amide bonds. The SMILES string of the molecule is CC1(C(Cc2ccc(Br)cn2)NN)CCCO1. The third-order valence-corrected chi connectivity index (χ3v) is 3.86. The highest BCUT2D eigenvalue weighted by atomic mass is 79.9. The summed E-state index contributed by atoms with van der Waals surface area (Å²) in [6.45, 7) is 2.94. The highest BCUT2D eigenvalue weighted by Crippen LogP contribution is 2.29. The average Bonchev–Trinajstić information content (AvgIpc) is 2.76. The highest BCUT2D eigenvalue weighted by molar-refractivity contribution is 9.10. The molecular weight excluding hydrogens is 282 g/mol. The van der Waals surface area contributed by atoms with Crippen molar-refractivity contribution in [2.24, 2.45) is 5.84 Å². The van der Waals surface area contributed by atoms with Gasteiger partial charge in [0.2, 0.25) is 0 Å². The summed E-state index contributed by atoms with van der Waals surface area (Å²) in [5, 5.41) is 0. The van der Waals surface area contributed by atoms with Gasteiger partial charge in [0.05, 0.1) is 11.6 Å². The van der Waals surface area contributed by atoms with Crippen LogP contribution in [0, 0.1) is 0 Å². The molecule has 1 aliphatic heterocycles. The molecule has 4 nitrogen and oxygen atoms in total. The summed E-state index contributed by atoms with van der Waals surface area (Å²) in [5.74, 6) is 5.65. The number of hydrogen-bond acceptors (Lipinski definition) is 4. The minimum atomic E-state index is -0.177. The zero-order valence-electron chi connectivity index (χ0n) is 9.95. The largest absolute Gasteiger partial charge is 0.374 e. The number of hydrazine groups is 1. The van der Waals surface area contributed by atoms with E-state index in [-0.39, 0.29) is 11.6 Å². The standard InChI is InChI=1S/C12H18BrN3O/c1-12(5-2-6-17-12)11(16-14)7-10-4-3-9(13)8-15-10/h3-4,8,11,16H,2,5-7,14H2,1H3. The van der Waals surface area contributed by atoms with Crippen molar-refractivity contribution in [3.05, 3.63) is 28.5 Å². The summed E-state index contributed by atoms with van der Waals surface area (Å²) in [5.41, 5.74) is 3.71. The first kappa shape index (κ1) is 13.0. The maximum atomic E-state index is 5.81. The van der Waals surface area contributed by atoms with Crippen molar-refractivity contribution in [3.63, 3.8) is 0 Å². The molecule has 1 saturated heterocycles. The number of nitrogens with zero attached hydrogens (tertiary/aromatic N) is 1. The van der Waals surface area contributed by atoms with Gasteiger partial charge >= 0.3 is 0 Å². The van der Waals surface area contributed by atoms with Gasteiger partial charge in [0, 0.05) is 29.4 Å². The Labute approximate surface area is 110 Å². The van der Waals surface area contributed by atoms with Crippen molar-refractivity contribution < 1.29 is 4.74 Å². The minimum Gasteiger partial charge on any atom is -0.374 e. The van der Waals surface area contributed by atoms with Gasteiger partial charge in [0.25, 0.3) is 0 Å². The molecule has 0 saturated carbocycles. The van der Waals surface area contributed by atoms with Gasteiger partial charge in [-0.15, -0.1) is 0 Å². The highest BCUT2D eigenvalue weighted by Gasteiger charge is 2.37. The van der Waals surface area contributed by atoms with Crippen molar-refractivity contribution in [2.45, 2.75) is 37.8 Å². The van der Waals surface area contributed by atoms with Crippen LogP contribution < -0.4 is 11.3 Å². The number of halogens is 1. The Morgan fingerprint density at radius 2 is 2.47 bits per heavy atom. The number of nitrogens with two attached hydrogens (primary N) is 1. The van der Waals surface area contributed by atoms with E-state index in [0.717, 1.165) is 36.0 Å². The molecule has 1 aliphatic rings. The fraction of sp³-hybridized carbons (Fsp3) is 0.583. The zero-order valence-corrected chi connectivity index (χ0v) is 11.5. The van der Waals surface area contributed by atoms with Gasteiger partial charge in [-0.2, -0.15) is 0 Å². The van der Waals surface area contributed by atoms with Crippen molar-refractivity contribution in [2.75, 3.05) is 6.61 Å². The number of rotatable bonds is 4. The molecule has 0 aliphatic carbocycles. The average molecular weight is 300 g/mol. The lowest BCUT2D eigenvalue weighted by Crippen LogP contribution is -2.52. The first-order valence-corrected chi connectivity index (χ1v) is 6.64. The minimum absolute atomic E-state index is 0.0960. The summed E-state index contributed by atoms with van der Waals surface area (Å²) in [7, 11) is 0. The number of hydrogen-bond donors (Lipinski definition) is 2. The molecule has 1 fully saturated rings. The molecule has 5 heteroatoms. The van der Waals surface area contributed by atoms with Crippen LogP contribution in [0.1, 0.15) is 25.5 Å². The second-order valence-electron chi connectivity index (χ2n) is 4.66. The van der Waals surface area contributed by atoms with E-state index in [0.29, 0.717) is 0 Å². The first-order chi connectivity index (χ1) is 8.14. The van der Waals surface area contributed by atoms with Crippen LogP contribution in [0.15, 0.2) is 22.8 Å². The van der Waals surface area contributed by atoms with Gasteiger partial charge in [-0.05, 0) is 47.8 Å².